The lowest BCUT2D eigenvalue weighted by Gasteiger charge is -2.19. The molecular formula is C26H25N5O2S. The highest BCUT2D eigenvalue weighted by Crippen LogP contribution is 2.24. The molecule has 4 rings (SSSR count). The molecule has 2 amide bonds. The Morgan fingerprint density at radius 1 is 0.912 bits per heavy atom. The summed E-state index contributed by atoms with van der Waals surface area (Å²) < 4.78 is 1.76. The fraction of sp³-hybridized carbons (Fsp3) is 0.154. The largest absolute Gasteiger partial charge is 0.351 e. The number of anilines is 1. The minimum absolute atomic E-state index is 0.0522. The van der Waals surface area contributed by atoms with Gasteiger partial charge in [-0.3, -0.25) is 9.59 Å². The number of aryl methyl sites for hydroxylation is 1. The monoisotopic (exact) mass is 471 g/mol. The van der Waals surface area contributed by atoms with Gasteiger partial charge in [0.15, 0.2) is 5.16 Å². The highest BCUT2D eigenvalue weighted by Gasteiger charge is 2.16. The fourth-order valence-corrected chi connectivity index (χ4v) is 4.22. The maximum absolute atomic E-state index is 12.8. The van der Waals surface area contributed by atoms with Crippen LogP contribution >= 0.6 is 11.8 Å². The van der Waals surface area contributed by atoms with Crippen molar-refractivity contribution < 1.29 is 9.59 Å². The van der Waals surface area contributed by atoms with Gasteiger partial charge in [-0.15, -0.1) is 10.2 Å². The summed E-state index contributed by atoms with van der Waals surface area (Å²) in [5.41, 5.74) is 3.45. The first-order valence-electron chi connectivity index (χ1n) is 10.8. The molecule has 2 N–H and O–H groups in total. The molecule has 0 atom stereocenters. The van der Waals surface area contributed by atoms with Crippen LogP contribution in [0.3, 0.4) is 0 Å². The molecule has 3 aromatic carbocycles. The summed E-state index contributed by atoms with van der Waals surface area (Å²) in [6.07, 6.45) is 1.59. The van der Waals surface area contributed by atoms with E-state index in [2.05, 4.69) is 45.1 Å². The molecule has 0 saturated heterocycles. The zero-order valence-corrected chi connectivity index (χ0v) is 19.5. The van der Waals surface area contributed by atoms with E-state index < -0.39 is 0 Å². The van der Waals surface area contributed by atoms with Gasteiger partial charge in [-0.1, -0.05) is 72.4 Å². The molecule has 0 aliphatic heterocycles. The van der Waals surface area contributed by atoms with Crippen molar-refractivity contribution >= 4 is 29.3 Å². The molecule has 0 saturated carbocycles. The van der Waals surface area contributed by atoms with Crippen molar-refractivity contribution in [1.82, 2.24) is 20.1 Å². The second-order valence-electron chi connectivity index (χ2n) is 7.72. The number of hydrogen-bond acceptors (Lipinski definition) is 5. The molecule has 0 spiro atoms. The molecule has 0 aliphatic rings. The van der Waals surface area contributed by atoms with Crippen LogP contribution in [0.15, 0.2) is 96.4 Å². The summed E-state index contributed by atoms with van der Waals surface area (Å²) in [6.45, 7) is 0.477. The Kier molecular flexibility index (Phi) is 7.72. The SMILES string of the molecule is Cn1cnnc1SCC(=O)Nc1ccc(C(=O)NCC(c2ccccc2)c2ccccc2)cc1. The number of rotatable bonds is 9. The third-order valence-electron chi connectivity index (χ3n) is 5.30. The van der Waals surface area contributed by atoms with Crippen molar-refractivity contribution in [3.63, 3.8) is 0 Å². The van der Waals surface area contributed by atoms with Crippen LogP contribution in [0.2, 0.25) is 0 Å². The normalized spacial score (nSPS) is 10.8. The molecule has 0 unspecified atom stereocenters. The number of hydrogen-bond donors (Lipinski definition) is 2. The quantitative estimate of drug-likeness (QED) is 0.359. The first kappa shape index (κ1) is 23.3. The van der Waals surface area contributed by atoms with Crippen molar-refractivity contribution in [1.29, 1.82) is 0 Å². The predicted molar refractivity (Wildman–Crippen MR) is 134 cm³/mol. The minimum Gasteiger partial charge on any atom is -0.351 e. The van der Waals surface area contributed by atoms with E-state index in [9.17, 15) is 9.59 Å². The van der Waals surface area contributed by atoms with Gasteiger partial charge in [-0.25, -0.2) is 0 Å². The van der Waals surface area contributed by atoms with Crippen LogP contribution in [-0.2, 0) is 11.8 Å². The Bertz CT molecular complexity index is 1190. The Hall–Kier alpha value is -3.91. The summed E-state index contributed by atoms with van der Waals surface area (Å²) in [5.74, 6) is -0.0440. The summed E-state index contributed by atoms with van der Waals surface area (Å²) in [7, 11) is 1.83. The zero-order valence-electron chi connectivity index (χ0n) is 18.7. The van der Waals surface area contributed by atoms with E-state index >= 15 is 0 Å². The standard InChI is InChI=1S/C26H25N5O2S/c1-31-18-28-30-26(31)34-17-24(32)29-22-14-12-21(13-15-22)25(33)27-16-23(19-8-4-2-5-9-19)20-10-6-3-7-11-20/h2-15,18,23H,16-17H2,1H3,(H,27,33)(H,29,32). The molecule has 0 fully saturated rings. The lowest BCUT2D eigenvalue weighted by molar-refractivity contribution is -0.113. The molecule has 0 aliphatic carbocycles. The maximum atomic E-state index is 12.8. The third kappa shape index (κ3) is 6.11. The second kappa shape index (κ2) is 11.3. The van der Waals surface area contributed by atoms with Gasteiger partial charge < -0.3 is 15.2 Å². The molecule has 8 heteroatoms. The van der Waals surface area contributed by atoms with Crippen LogP contribution in [0.25, 0.3) is 0 Å². The van der Waals surface area contributed by atoms with E-state index in [0.717, 1.165) is 11.1 Å². The number of amides is 2. The van der Waals surface area contributed by atoms with Gasteiger partial charge in [-0.2, -0.15) is 0 Å². The smallest absolute Gasteiger partial charge is 0.251 e. The number of aromatic nitrogens is 3. The van der Waals surface area contributed by atoms with Gasteiger partial charge >= 0.3 is 0 Å². The number of nitrogens with one attached hydrogen (secondary N) is 2. The van der Waals surface area contributed by atoms with Crippen LogP contribution in [0.1, 0.15) is 27.4 Å². The Morgan fingerprint density at radius 3 is 2.09 bits per heavy atom. The molecule has 34 heavy (non-hydrogen) atoms. The summed E-state index contributed by atoms with van der Waals surface area (Å²) >= 11 is 1.31. The maximum Gasteiger partial charge on any atom is 0.251 e. The molecule has 0 radical (unpaired) electrons. The van der Waals surface area contributed by atoms with Crippen molar-refractivity contribution in [2.75, 3.05) is 17.6 Å². The van der Waals surface area contributed by atoms with E-state index in [0.29, 0.717) is 23.0 Å². The van der Waals surface area contributed by atoms with Crippen LogP contribution in [0, 0.1) is 0 Å². The molecule has 172 valence electrons. The minimum atomic E-state index is -0.160. The third-order valence-corrected chi connectivity index (χ3v) is 6.34. The van der Waals surface area contributed by atoms with Crippen molar-refractivity contribution in [2.24, 2.45) is 7.05 Å². The molecule has 1 heterocycles. The Morgan fingerprint density at radius 2 is 1.53 bits per heavy atom. The number of benzene rings is 3. The van der Waals surface area contributed by atoms with Crippen LogP contribution in [0.4, 0.5) is 5.69 Å². The van der Waals surface area contributed by atoms with Crippen molar-refractivity contribution in [3.05, 3.63) is 108 Å². The number of nitrogens with zero attached hydrogens (tertiary/aromatic N) is 3. The number of carbonyl (C=O) groups excluding carboxylic acids is 2. The van der Waals surface area contributed by atoms with Gasteiger partial charge in [0, 0.05) is 30.8 Å². The number of carbonyl (C=O) groups is 2. The highest BCUT2D eigenvalue weighted by atomic mass is 32.2. The Balaban J connectivity index is 1.34. The van der Waals surface area contributed by atoms with Gasteiger partial charge in [0.25, 0.3) is 5.91 Å². The van der Waals surface area contributed by atoms with E-state index in [-0.39, 0.29) is 23.5 Å². The summed E-state index contributed by atoms with van der Waals surface area (Å²) in [5, 5.41) is 14.3. The van der Waals surface area contributed by atoms with Gasteiger partial charge in [-0.05, 0) is 35.4 Å². The van der Waals surface area contributed by atoms with Crippen molar-refractivity contribution in [3.8, 4) is 0 Å². The first-order valence-corrected chi connectivity index (χ1v) is 11.8. The van der Waals surface area contributed by atoms with E-state index in [4.69, 9.17) is 0 Å². The zero-order chi connectivity index (χ0) is 23.8. The second-order valence-corrected chi connectivity index (χ2v) is 8.67. The highest BCUT2D eigenvalue weighted by molar-refractivity contribution is 7.99. The average molecular weight is 472 g/mol. The van der Waals surface area contributed by atoms with Gasteiger partial charge in [0.2, 0.25) is 5.91 Å². The van der Waals surface area contributed by atoms with E-state index in [1.54, 1.807) is 35.2 Å². The predicted octanol–water partition coefficient (Wildman–Crippen LogP) is 4.11. The van der Waals surface area contributed by atoms with E-state index in [1.807, 2.05) is 43.4 Å². The molecule has 7 nitrogen and oxygen atoms in total. The lowest BCUT2D eigenvalue weighted by Crippen LogP contribution is -2.29. The molecule has 1 aromatic heterocycles. The lowest BCUT2D eigenvalue weighted by atomic mass is 9.91. The van der Waals surface area contributed by atoms with Gasteiger partial charge in [0.1, 0.15) is 6.33 Å². The van der Waals surface area contributed by atoms with Gasteiger partial charge in [0.05, 0.1) is 5.75 Å². The summed E-state index contributed by atoms with van der Waals surface area (Å²) in [6, 6.07) is 27.2. The summed E-state index contributed by atoms with van der Waals surface area (Å²) in [4.78, 5) is 25.0. The molecule has 4 aromatic rings. The number of thioether (sulfide) groups is 1. The molecule has 0 bridgehead atoms. The fourth-order valence-electron chi connectivity index (χ4n) is 3.53. The molecular weight excluding hydrogens is 446 g/mol. The first-order chi connectivity index (χ1) is 16.6. The van der Waals surface area contributed by atoms with Crippen LogP contribution in [0.5, 0.6) is 0 Å². The van der Waals surface area contributed by atoms with Crippen LogP contribution < -0.4 is 10.6 Å². The van der Waals surface area contributed by atoms with Crippen LogP contribution in [-0.4, -0.2) is 38.9 Å². The van der Waals surface area contributed by atoms with Crippen molar-refractivity contribution in [2.45, 2.75) is 11.1 Å². The Labute approximate surface area is 202 Å². The average Bonchev–Trinajstić information content (AvgIpc) is 3.29. The van der Waals surface area contributed by atoms with E-state index in [1.165, 1.54) is 11.8 Å². The topological polar surface area (TPSA) is 88.9 Å².